The molecule has 0 fully saturated rings. The van der Waals surface area contributed by atoms with Crippen molar-refractivity contribution in [1.29, 1.82) is 0 Å². The SMILES string of the molecule is Cc1cccc(Nc2ccccc2C=O)c1C. The van der Waals surface area contributed by atoms with Crippen molar-refractivity contribution in [1.82, 2.24) is 0 Å². The molecule has 0 unspecified atom stereocenters. The standard InChI is InChI=1S/C15H15NO/c1-11-6-5-9-14(12(11)2)16-15-8-4-3-7-13(15)10-17/h3-10,16H,1-2H3. The van der Waals surface area contributed by atoms with Gasteiger partial charge in [0, 0.05) is 16.9 Å². The van der Waals surface area contributed by atoms with Gasteiger partial charge < -0.3 is 5.32 Å². The molecule has 17 heavy (non-hydrogen) atoms. The molecule has 0 heterocycles. The van der Waals surface area contributed by atoms with Gasteiger partial charge in [-0.05, 0) is 43.2 Å². The Kier molecular flexibility index (Phi) is 3.24. The van der Waals surface area contributed by atoms with Crippen molar-refractivity contribution in [3.05, 3.63) is 59.2 Å². The minimum Gasteiger partial charge on any atom is -0.355 e. The van der Waals surface area contributed by atoms with E-state index < -0.39 is 0 Å². The average molecular weight is 225 g/mol. The lowest BCUT2D eigenvalue weighted by Crippen LogP contribution is -1.97. The van der Waals surface area contributed by atoms with Crippen molar-refractivity contribution in [3.63, 3.8) is 0 Å². The van der Waals surface area contributed by atoms with Crippen molar-refractivity contribution < 1.29 is 4.79 Å². The first-order valence-corrected chi connectivity index (χ1v) is 5.60. The molecule has 2 nitrogen and oxygen atoms in total. The summed E-state index contributed by atoms with van der Waals surface area (Å²) in [6, 6.07) is 13.6. The highest BCUT2D eigenvalue weighted by atomic mass is 16.1. The average Bonchev–Trinajstić information content (AvgIpc) is 2.35. The number of hydrogen-bond acceptors (Lipinski definition) is 2. The molecular formula is C15H15NO. The number of para-hydroxylation sites is 1. The number of hydrogen-bond donors (Lipinski definition) is 1. The molecule has 2 rings (SSSR count). The second-order valence-corrected chi connectivity index (χ2v) is 4.08. The van der Waals surface area contributed by atoms with Gasteiger partial charge in [-0.1, -0.05) is 24.3 Å². The van der Waals surface area contributed by atoms with E-state index in [4.69, 9.17) is 0 Å². The summed E-state index contributed by atoms with van der Waals surface area (Å²) in [5.41, 5.74) is 5.00. The molecule has 0 spiro atoms. The lowest BCUT2D eigenvalue weighted by Gasteiger charge is -2.12. The van der Waals surface area contributed by atoms with E-state index >= 15 is 0 Å². The summed E-state index contributed by atoms with van der Waals surface area (Å²) in [6.45, 7) is 4.15. The van der Waals surface area contributed by atoms with E-state index in [1.165, 1.54) is 11.1 Å². The molecule has 0 aliphatic rings. The Morgan fingerprint density at radius 1 is 0.941 bits per heavy atom. The molecule has 1 N–H and O–H groups in total. The predicted molar refractivity (Wildman–Crippen MR) is 71.0 cm³/mol. The fraction of sp³-hybridized carbons (Fsp3) is 0.133. The van der Waals surface area contributed by atoms with Crippen molar-refractivity contribution in [2.24, 2.45) is 0 Å². The Bertz CT molecular complexity index is 546. The fourth-order valence-corrected chi connectivity index (χ4v) is 1.75. The maximum atomic E-state index is 10.9. The number of carbonyl (C=O) groups excluding carboxylic acids is 1. The van der Waals surface area contributed by atoms with Gasteiger partial charge in [-0.25, -0.2) is 0 Å². The van der Waals surface area contributed by atoms with E-state index in [1.807, 2.05) is 30.3 Å². The smallest absolute Gasteiger partial charge is 0.152 e. The third kappa shape index (κ3) is 2.36. The zero-order valence-electron chi connectivity index (χ0n) is 10.0. The molecule has 0 saturated heterocycles. The van der Waals surface area contributed by atoms with Crippen LogP contribution in [0.15, 0.2) is 42.5 Å². The summed E-state index contributed by atoms with van der Waals surface area (Å²) < 4.78 is 0. The van der Waals surface area contributed by atoms with Crippen LogP contribution in [0.2, 0.25) is 0 Å². The zero-order chi connectivity index (χ0) is 12.3. The van der Waals surface area contributed by atoms with Crippen molar-refractivity contribution >= 4 is 17.7 Å². The second-order valence-electron chi connectivity index (χ2n) is 4.08. The van der Waals surface area contributed by atoms with Crippen LogP contribution < -0.4 is 5.32 Å². The molecule has 0 radical (unpaired) electrons. The highest BCUT2D eigenvalue weighted by Gasteiger charge is 2.04. The molecule has 86 valence electrons. The highest BCUT2D eigenvalue weighted by molar-refractivity contribution is 5.86. The van der Waals surface area contributed by atoms with E-state index in [9.17, 15) is 4.79 Å². The number of benzene rings is 2. The lowest BCUT2D eigenvalue weighted by molar-refractivity contribution is 0.112. The van der Waals surface area contributed by atoms with Crippen LogP contribution in [0.5, 0.6) is 0 Å². The van der Waals surface area contributed by atoms with E-state index in [2.05, 4.69) is 25.2 Å². The minimum absolute atomic E-state index is 0.674. The number of anilines is 2. The van der Waals surface area contributed by atoms with Crippen LogP contribution in [-0.2, 0) is 0 Å². The zero-order valence-corrected chi connectivity index (χ0v) is 10.0. The summed E-state index contributed by atoms with van der Waals surface area (Å²) in [6.07, 6.45) is 0.869. The van der Waals surface area contributed by atoms with Crippen LogP contribution >= 0.6 is 0 Å². The number of nitrogens with one attached hydrogen (secondary N) is 1. The molecular weight excluding hydrogens is 210 g/mol. The fourth-order valence-electron chi connectivity index (χ4n) is 1.75. The van der Waals surface area contributed by atoms with Crippen molar-refractivity contribution in [2.75, 3.05) is 5.32 Å². The molecule has 0 amide bonds. The highest BCUT2D eigenvalue weighted by Crippen LogP contribution is 2.24. The molecule has 2 aromatic carbocycles. The largest absolute Gasteiger partial charge is 0.355 e. The van der Waals surface area contributed by atoms with Gasteiger partial charge in [0.1, 0.15) is 0 Å². The van der Waals surface area contributed by atoms with Gasteiger partial charge in [-0.15, -0.1) is 0 Å². The number of aryl methyl sites for hydroxylation is 1. The molecule has 2 aromatic rings. The summed E-state index contributed by atoms with van der Waals surface area (Å²) in [7, 11) is 0. The van der Waals surface area contributed by atoms with Crippen molar-refractivity contribution in [2.45, 2.75) is 13.8 Å². The molecule has 0 saturated carbocycles. The van der Waals surface area contributed by atoms with Crippen LogP contribution in [0, 0.1) is 13.8 Å². The Morgan fingerprint density at radius 2 is 1.65 bits per heavy atom. The monoisotopic (exact) mass is 225 g/mol. The second kappa shape index (κ2) is 4.83. The van der Waals surface area contributed by atoms with E-state index in [-0.39, 0.29) is 0 Å². The van der Waals surface area contributed by atoms with E-state index in [1.54, 1.807) is 6.07 Å². The van der Waals surface area contributed by atoms with Crippen LogP contribution in [0.25, 0.3) is 0 Å². The molecule has 0 aromatic heterocycles. The summed E-state index contributed by atoms with van der Waals surface area (Å²) in [5.74, 6) is 0. The van der Waals surface area contributed by atoms with Crippen LogP contribution in [-0.4, -0.2) is 6.29 Å². The van der Waals surface area contributed by atoms with Crippen molar-refractivity contribution in [3.8, 4) is 0 Å². The van der Waals surface area contributed by atoms with Gasteiger partial charge in [0.05, 0.1) is 0 Å². The number of aldehydes is 1. The first kappa shape index (κ1) is 11.4. The lowest BCUT2D eigenvalue weighted by atomic mass is 10.1. The first-order chi connectivity index (χ1) is 8.22. The number of carbonyl (C=O) groups is 1. The third-order valence-corrected chi connectivity index (χ3v) is 2.96. The van der Waals surface area contributed by atoms with E-state index in [0.29, 0.717) is 5.56 Å². The Morgan fingerprint density at radius 3 is 2.41 bits per heavy atom. The van der Waals surface area contributed by atoms with Gasteiger partial charge in [-0.3, -0.25) is 4.79 Å². The van der Waals surface area contributed by atoms with Gasteiger partial charge >= 0.3 is 0 Å². The third-order valence-electron chi connectivity index (χ3n) is 2.96. The first-order valence-electron chi connectivity index (χ1n) is 5.60. The Hall–Kier alpha value is -2.09. The van der Waals surface area contributed by atoms with Gasteiger partial charge in [0.25, 0.3) is 0 Å². The van der Waals surface area contributed by atoms with Gasteiger partial charge in [-0.2, -0.15) is 0 Å². The topological polar surface area (TPSA) is 29.1 Å². The number of rotatable bonds is 3. The summed E-state index contributed by atoms with van der Waals surface area (Å²) in [5, 5.41) is 3.30. The summed E-state index contributed by atoms with van der Waals surface area (Å²) >= 11 is 0. The Balaban J connectivity index is 2.38. The maximum Gasteiger partial charge on any atom is 0.152 e. The normalized spacial score (nSPS) is 10.0. The quantitative estimate of drug-likeness (QED) is 0.804. The Labute approximate surface area is 101 Å². The van der Waals surface area contributed by atoms with E-state index in [0.717, 1.165) is 17.7 Å². The molecule has 0 aliphatic carbocycles. The van der Waals surface area contributed by atoms with Gasteiger partial charge in [0.15, 0.2) is 6.29 Å². The minimum atomic E-state index is 0.674. The molecule has 0 atom stereocenters. The van der Waals surface area contributed by atoms with Crippen LogP contribution in [0.1, 0.15) is 21.5 Å². The summed E-state index contributed by atoms with van der Waals surface area (Å²) in [4.78, 5) is 10.9. The predicted octanol–water partition coefficient (Wildman–Crippen LogP) is 3.86. The van der Waals surface area contributed by atoms with Crippen LogP contribution in [0.4, 0.5) is 11.4 Å². The molecule has 2 heteroatoms. The maximum absolute atomic E-state index is 10.9. The van der Waals surface area contributed by atoms with Crippen LogP contribution in [0.3, 0.4) is 0 Å². The molecule has 0 bridgehead atoms. The van der Waals surface area contributed by atoms with Gasteiger partial charge in [0.2, 0.25) is 0 Å². The molecule has 0 aliphatic heterocycles.